The van der Waals surface area contributed by atoms with Crippen molar-refractivity contribution in [3.05, 3.63) is 83.1 Å². The van der Waals surface area contributed by atoms with Crippen LogP contribution in [0, 0.1) is 11.8 Å². The second kappa shape index (κ2) is 11.3. The zero-order valence-corrected chi connectivity index (χ0v) is 18.5. The maximum absolute atomic E-state index is 12.9. The Labute approximate surface area is 190 Å². The molecule has 1 aliphatic carbocycles. The number of rotatable bonds is 8. The Bertz CT molecular complexity index is 888. The average molecular weight is 436 g/mol. The Morgan fingerprint density at radius 3 is 2.41 bits per heavy atom. The Balaban J connectivity index is 1.40. The highest BCUT2D eigenvalue weighted by molar-refractivity contribution is 5.91. The van der Waals surface area contributed by atoms with E-state index in [1.54, 1.807) is 0 Å². The van der Waals surface area contributed by atoms with Crippen molar-refractivity contribution >= 4 is 5.91 Å². The van der Waals surface area contributed by atoms with Gasteiger partial charge in [0, 0.05) is 13.0 Å². The van der Waals surface area contributed by atoms with Crippen LogP contribution in [0.3, 0.4) is 0 Å². The summed E-state index contributed by atoms with van der Waals surface area (Å²) in [5.41, 5.74) is 2.95. The third-order valence-corrected chi connectivity index (χ3v) is 6.50. The van der Waals surface area contributed by atoms with Gasteiger partial charge in [0.15, 0.2) is 5.76 Å². The zero-order valence-electron chi connectivity index (χ0n) is 18.5. The van der Waals surface area contributed by atoms with Gasteiger partial charge in [-0.25, -0.2) is 0 Å². The highest BCUT2D eigenvalue weighted by Gasteiger charge is 2.32. The summed E-state index contributed by atoms with van der Waals surface area (Å²) < 4.78 is 12.1. The van der Waals surface area contributed by atoms with E-state index in [4.69, 9.17) is 9.47 Å². The number of hydrogen-bond donors (Lipinski definition) is 2. The lowest BCUT2D eigenvalue weighted by molar-refractivity contribution is -0.156. The van der Waals surface area contributed by atoms with Gasteiger partial charge in [0.1, 0.15) is 0 Å². The molecule has 170 valence electrons. The van der Waals surface area contributed by atoms with Crippen LogP contribution in [-0.4, -0.2) is 17.3 Å². The molecule has 32 heavy (non-hydrogen) atoms. The lowest BCUT2D eigenvalue weighted by atomic mass is 9.77. The summed E-state index contributed by atoms with van der Waals surface area (Å²) in [6.45, 7) is 0.909. The van der Waals surface area contributed by atoms with Gasteiger partial charge in [-0.05, 0) is 47.4 Å². The van der Waals surface area contributed by atoms with Crippen molar-refractivity contribution in [1.82, 2.24) is 5.32 Å². The molecule has 2 atom stereocenters. The van der Waals surface area contributed by atoms with E-state index >= 15 is 0 Å². The monoisotopic (exact) mass is 435 g/mol. The van der Waals surface area contributed by atoms with Crippen LogP contribution in [0.5, 0.6) is 0 Å². The van der Waals surface area contributed by atoms with E-state index in [9.17, 15) is 9.90 Å². The first-order chi connectivity index (χ1) is 15.7. The van der Waals surface area contributed by atoms with Gasteiger partial charge in [0.05, 0.1) is 13.2 Å². The number of aliphatic hydroxyl groups is 1. The van der Waals surface area contributed by atoms with Crippen molar-refractivity contribution in [2.45, 2.75) is 64.6 Å². The van der Waals surface area contributed by atoms with Crippen LogP contribution in [-0.2, 0) is 34.0 Å². The largest absolute Gasteiger partial charge is 0.459 e. The molecule has 1 fully saturated rings. The third kappa shape index (κ3) is 6.21. The molecule has 1 amide bonds. The lowest BCUT2D eigenvalue weighted by Crippen LogP contribution is -2.35. The number of hydrogen-bond acceptors (Lipinski definition) is 4. The molecule has 2 aliphatic rings. The minimum absolute atomic E-state index is 0.0299. The minimum Gasteiger partial charge on any atom is -0.459 e. The lowest BCUT2D eigenvalue weighted by Gasteiger charge is -2.35. The molecule has 1 saturated carbocycles. The van der Waals surface area contributed by atoms with Crippen LogP contribution in [0.1, 0.15) is 55.2 Å². The van der Waals surface area contributed by atoms with E-state index in [0.29, 0.717) is 30.7 Å². The fourth-order valence-corrected chi connectivity index (χ4v) is 4.63. The predicted molar refractivity (Wildman–Crippen MR) is 123 cm³/mol. The molecule has 0 radical (unpaired) electrons. The molecule has 4 rings (SSSR count). The van der Waals surface area contributed by atoms with Crippen molar-refractivity contribution in [1.29, 1.82) is 0 Å². The second-order valence-corrected chi connectivity index (χ2v) is 8.83. The van der Waals surface area contributed by atoms with E-state index in [1.165, 1.54) is 32.1 Å². The van der Waals surface area contributed by atoms with Crippen molar-refractivity contribution in [3.63, 3.8) is 0 Å². The molecule has 0 spiro atoms. The number of aliphatic hydroxyl groups excluding tert-OH is 1. The van der Waals surface area contributed by atoms with Gasteiger partial charge in [-0.2, -0.15) is 0 Å². The van der Waals surface area contributed by atoms with Gasteiger partial charge in [-0.1, -0.05) is 73.9 Å². The van der Waals surface area contributed by atoms with Crippen LogP contribution in [0.25, 0.3) is 0 Å². The van der Waals surface area contributed by atoms with Crippen LogP contribution in [0.4, 0.5) is 0 Å². The number of carbonyl (C=O) groups excluding carboxylic acids is 1. The summed E-state index contributed by atoms with van der Waals surface area (Å²) in [5, 5.41) is 12.2. The number of allylic oxidation sites excluding steroid dienone is 1. The molecular formula is C27H33NO4. The van der Waals surface area contributed by atoms with Gasteiger partial charge >= 0.3 is 0 Å². The first-order valence-corrected chi connectivity index (χ1v) is 11.7. The molecule has 0 aromatic heterocycles. The minimum atomic E-state index is -0.443. The van der Waals surface area contributed by atoms with Crippen molar-refractivity contribution < 1.29 is 19.4 Å². The van der Waals surface area contributed by atoms with Gasteiger partial charge in [-0.15, -0.1) is 0 Å². The SMILES string of the molecule is O=C(NCc1ccccc1)C1=CC(C2CCCCC2)CC(OCc2ccc(CO)cc2)O1. The quantitative estimate of drug-likeness (QED) is 0.623. The summed E-state index contributed by atoms with van der Waals surface area (Å²) in [7, 11) is 0. The molecule has 1 heterocycles. The number of carbonyl (C=O) groups is 1. The molecule has 0 saturated heterocycles. The fourth-order valence-electron chi connectivity index (χ4n) is 4.63. The normalized spacial score (nSPS) is 21.5. The predicted octanol–water partition coefficient (Wildman–Crippen LogP) is 4.84. The number of ether oxygens (including phenoxy) is 2. The smallest absolute Gasteiger partial charge is 0.286 e. The van der Waals surface area contributed by atoms with E-state index in [2.05, 4.69) is 5.32 Å². The first kappa shape index (κ1) is 22.6. The molecular weight excluding hydrogens is 402 g/mol. The van der Waals surface area contributed by atoms with Crippen molar-refractivity contribution in [3.8, 4) is 0 Å². The van der Waals surface area contributed by atoms with E-state index < -0.39 is 6.29 Å². The van der Waals surface area contributed by atoms with Gasteiger partial charge < -0.3 is 19.9 Å². The Hall–Kier alpha value is -2.63. The molecule has 1 aliphatic heterocycles. The van der Waals surface area contributed by atoms with E-state index in [1.807, 2.05) is 60.7 Å². The Kier molecular flexibility index (Phi) is 7.97. The zero-order chi connectivity index (χ0) is 22.2. The number of nitrogens with one attached hydrogen (secondary N) is 1. The van der Waals surface area contributed by atoms with Crippen molar-refractivity contribution in [2.75, 3.05) is 0 Å². The molecule has 2 N–H and O–H groups in total. The number of benzene rings is 2. The first-order valence-electron chi connectivity index (χ1n) is 11.7. The van der Waals surface area contributed by atoms with Gasteiger partial charge in [0.2, 0.25) is 6.29 Å². The topological polar surface area (TPSA) is 67.8 Å². The molecule has 2 unspecified atom stereocenters. The fraction of sp³-hybridized carbons (Fsp3) is 0.444. The summed E-state index contributed by atoms with van der Waals surface area (Å²) in [4.78, 5) is 12.9. The van der Waals surface area contributed by atoms with Crippen LogP contribution in [0.2, 0.25) is 0 Å². The molecule has 0 bridgehead atoms. The molecule has 2 aromatic carbocycles. The Morgan fingerprint density at radius 2 is 1.69 bits per heavy atom. The van der Waals surface area contributed by atoms with Crippen molar-refractivity contribution in [2.24, 2.45) is 11.8 Å². The summed E-state index contributed by atoms with van der Waals surface area (Å²) in [5.74, 6) is 1.07. The van der Waals surface area contributed by atoms with E-state index in [0.717, 1.165) is 23.1 Å². The maximum Gasteiger partial charge on any atom is 0.286 e. The van der Waals surface area contributed by atoms with Crippen LogP contribution >= 0.6 is 0 Å². The summed E-state index contributed by atoms with van der Waals surface area (Å²) >= 11 is 0. The third-order valence-electron chi connectivity index (χ3n) is 6.50. The molecule has 5 heteroatoms. The van der Waals surface area contributed by atoms with Gasteiger partial charge in [0.25, 0.3) is 5.91 Å². The van der Waals surface area contributed by atoms with Gasteiger partial charge in [-0.3, -0.25) is 4.79 Å². The van der Waals surface area contributed by atoms with E-state index in [-0.39, 0.29) is 12.5 Å². The maximum atomic E-state index is 12.9. The standard InChI is InChI=1S/C27H33NO4/c29-18-21-11-13-22(14-12-21)19-31-26-16-24(23-9-5-2-6-10-23)15-25(32-26)27(30)28-17-20-7-3-1-4-8-20/h1,3-4,7-8,11-15,23-24,26,29H,2,5-6,9-10,16-19H2,(H,28,30). The highest BCUT2D eigenvalue weighted by Crippen LogP contribution is 2.37. The molecule has 5 nitrogen and oxygen atoms in total. The highest BCUT2D eigenvalue weighted by atomic mass is 16.7. The second-order valence-electron chi connectivity index (χ2n) is 8.83. The summed E-state index contributed by atoms with van der Waals surface area (Å²) in [6.07, 6.45) is 8.59. The average Bonchev–Trinajstić information content (AvgIpc) is 2.87. The summed E-state index contributed by atoms with van der Waals surface area (Å²) in [6, 6.07) is 17.6. The van der Waals surface area contributed by atoms with Crippen LogP contribution in [0.15, 0.2) is 66.4 Å². The number of amides is 1. The van der Waals surface area contributed by atoms with Crippen LogP contribution < -0.4 is 5.32 Å². The Morgan fingerprint density at radius 1 is 0.969 bits per heavy atom. The molecule has 2 aromatic rings.